The molecule has 138 valence electrons. The number of nitrogens with two attached hydrogens (primary N) is 1. The fraction of sp³-hybridized carbons (Fsp3) is 0. The summed E-state index contributed by atoms with van der Waals surface area (Å²) >= 11 is 0. The van der Waals surface area contributed by atoms with E-state index in [0.717, 1.165) is 39.8 Å². The SMILES string of the molecule is Nc1ccc(Nc2ccc(Nc3ccc(Nc4ccccc4)cc3)cc2)cc1. The van der Waals surface area contributed by atoms with Gasteiger partial charge in [0.25, 0.3) is 0 Å². The van der Waals surface area contributed by atoms with Crippen molar-refractivity contribution in [2.45, 2.75) is 0 Å². The number of anilines is 7. The van der Waals surface area contributed by atoms with Crippen LogP contribution < -0.4 is 21.7 Å². The van der Waals surface area contributed by atoms with E-state index in [1.807, 2.05) is 66.7 Å². The molecule has 0 aliphatic carbocycles. The van der Waals surface area contributed by atoms with Crippen molar-refractivity contribution >= 4 is 39.8 Å². The quantitative estimate of drug-likeness (QED) is 0.294. The minimum absolute atomic E-state index is 0.759. The first-order chi connectivity index (χ1) is 13.7. The lowest BCUT2D eigenvalue weighted by molar-refractivity contribution is 1.50. The molecule has 28 heavy (non-hydrogen) atoms. The van der Waals surface area contributed by atoms with Crippen LogP contribution in [0.2, 0.25) is 0 Å². The van der Waals surface area contributed by atoms with Crippen molar-refractivity contribution in [3.8, 4) is 0 Å². The Morgan fingerprint density at radius 3 is 1.00 bits per heavy atom. The largest absolute Gasteiger partial charge is 0.399 e. The second-order valence-electron chi connectivity index (χ2n) is 6.52. The number of hydrogen-bond acceptors (Lipinski definition) is 4. The molecule has 0 amide bonds. The van der Waals surface area contributed by atoms with Crippen LogP contribution in [0, 0.1) is 0 Å². The molecule has 0 unspecified atom stereocenters. The number of hydrogen-bond donors (Lipinski definition) is 4. The van der Waals surface area contributed by atoms with Gasteiger partial charge in [-0.2, -0.15) is 0 Å². The summed E-state index contributed by atoms with van der Waals surface area (Å²) in [6.45, 7) is 0. The minimum atomic E-state index is 0.759. The zero-order valence-electron chi connectivity index (χ0n) is 15.4. The maximum absolute atomic E-state index is 5.72. The number of rotatable bonds is 6. The summed E-state index contributed by atoms with van der Waals surface area (Å²) in [6.07, 6.45) is 0. The van der Waals surface area contributed by atoms with Gasteiger partial charge in [-0.05, 0) is 84.9 Å². The van der Waals surface area contributed by atoms with E-state index < -0.39 is 0 Å². The van der Waals surface area contributed by atoms with Crippen LogP contribution in [-0.2, 0) is 0 Å². The third-order valence-electron chi connectivity index (χ3n) is 4.32. The molecular weight excluding hydrogens is 344 g/mol. The maximum Gasteiger partial charge on any atom is 0.0385 e. The van der Waals surface area contributed by atoms with Crippen LogP contribution in [0.1, 0.15) is 0 Å². The summed E-state index contributed by atoms with van der Waals surface area (Å²) < 4.78 is 0. The Labute approximate surface area is 165 Å². The predicted octanol–water partition coefficient (Wildman–Crippen LogP) is 6.50. The lowest BCUT2D eigenvalue weighted by Gasteiger charge is -2.11. The number of para-hydroxylation sites is 1. The van der Waals surface area contributed by atoms with Gasteiger partial charge in [-0.1, -0.05) is 18.2 Å². The van der Waals surface area contributed by atoms with Gasteiger partial charge >= 0.3 is 0 Å². The van der Waals surface area contributed by atoms with Crippen molar-refractivity contribution in [1.82, 2.24) is 0 Å². The Morgan fingerprint density at radius 1 is 0.357 bits per heavy atom. The molecule has 0 spiro atoms. The van der Waals surface area contributed by atoms with E-state index in [9.17, 15) is 0 Å². The molecule has 0 saturated heterocycles. The Morgan fingerprint density at radius 2 is 0.643 bits per heavy atom. The molecular formula is C24H22N4. The monoisotopic (exact) mass is 366 g/mol. The van der Waals surface area contributed by atoms with Crippen molar-refractivity contribution in [2.75, 3.05) is 21.7 Å². The maximum atomic E-state index is 5.72. The average Bonchev–Trinajstić information content (AvgIpc) is 2.73. The zero-order valence-corrected chi connectivity index (χ0v) is 15.4. The summed E-state index contributed by atoms with van der Waals surface area (Å²) in [4.78, 5) is 0. The second kappa shape index (κ2) is 8.18. The van der Waals surface area contributed by atoms with Gasteiger partial charge in [0.1, 0.15) is 0 Å². The van der Waals surface area contributed by atoms with Gasteiger partial charge in [0.05, 0.1) is 0 Å². The lowest BCUT2D eigenvalue weighted by atomic mass is 10.2. The topological polar surface area (TPSA) is 62.1 Å². The highest BCUT2D eigenvalue weighted by Gasteiger charge is 1.99. The third kappa shape index (κ3) is 4.62. The van der Waals surface area contributed by atoms with Gasteiger partial charge in [0.2, 0.25) is 0 Å². The Hall–Kier alpha value is -3.92. The van der Waals surface area contributed by atoms with Gasteiger partial charge in [0.15, 0.2) is 0 Å². The lowest BCUT2D eigenvalue weighted by Crippen LogP contribution is -1.94. The first kappa shape index (κ1) is 17.5. The van der Waals surface area contributed by atoms with Crippen LogP contribution in [0.3, 0.4) is 0 Å². The molecule has 0 atom stereocenters. The summed E-state index contributed by atoms with van der Waals surface area (Å²) in [5.41, 5.74) is 12.7. The molecule has 0 aliphatic heterocycles. The third-order valence-corrected chi connectivity index (χ3v) is 4.32. The van der Waals surface area contributed by atoms with Crippen molar-refractivity contribution < 1.29 is 0 Å². The minimum Gasteiger partial charge on any atom is -0.399 e. The van der Waals surface area contributed by atoms with Crippen molar-refractivity contribution in [2.24, 2.45) is 0 Å². The molecule has 4 rings (SSSR count). The van der Waals surface area contributed by atoms with Crippen LogP contribution in [0.4, 0.5) is 39.8 Å². The summed E-state index contributed by atoms with van der Waals surface area (Å²) in [5.74, 6) is 0. The Bertz CT molecular complexity index is 1010. The first-order valence-electron chi connectivity index (χ1n) is 9.16. The number of nitrogens with one attached hydrogen (secondary N) is 3. The molecule has 4 heteroatoms. The highest BCUT2D eigenvalue weighted by molar-refractivity contribution is 5.68. The normalized spacial score (nSPS) is 10.3. The van der Waals surface area contributed by atoms with E-state index in [4.69, 9.17) is 5.73 Å². The van der Waals surface area contributed by atoms with E-state index in [0.29, 0.717) is 0 Å². The van der Waals surface area contributed by atoms with Gasteiger partial charge < -0.3 is 21.7 Å². The highest BCUT2D eigenvalue weighted by Crippen LogP contribution is 2.24. The standard InChI is InChI=1S/C24H22N4/c25-18-6-8-20(9-7-18)27-22-14-16-24(17-15-22)28-23-12-10-21(11-13-23)26-19-4-2-1-3-5-19/h1-17,26-28H,25H2. The van der Waals surface area contributed by atoms with E-state index in [-0.39, 0.29) is 0 Å². The van der Waals surface area contributed by atoms with E-state index in [1.54, 1.807) is 0 Å². The summed E-state index contributed by atoms with van der Waals surface area (Å²) in [6, 6.07) is 34.3. The predicted molar refractivity (Wildman–Crippen MR) is 120 cm³/mol. The number of nitrogen functional groups attached to an aromatic ring is 1. The van der Waals surface area contributed by atoms with Crippen molar-refractivity contribution in [3.63, 3.8) is 0 Å². The van der Waals surface area contributed by atoms with E-state index in [2.05, 4.69) is 52.3 Å². The van der Waals surface area contributed by atoms with Crippen molar-refractivity contribution in [3.05, 3.63) is 103 Å². The van der Waals surface area contributed by atoms with E-state index in [1.165, 1.54) is 0 Å². The second-order valence-corrected chi connectivity index (χ2v) is 6.52. The molecule has 4 nitrogen and oxygen atoms in total. The molecule has 4 aromatic carbocycles. The van der Waals surface area contributed by atoms with Gasteiger partial charge in [-0.15, -0.1) is 0 Å². The number of benzene rings is 4. The molecule has 5 N–H and O–H groups in total. The Kier molecular flexibility index (Phi) is 5.11. The molecule has 4 aromatic rings. The first-order valence-corrected chi connectivity index (χ1v) is 9.16. The fourth-order valence-electron chi connectivity index (χ4n) is 2.86. The van der Waals surface area contributed by atoms with Gasteiger partial charge in [0, 0.05) is 39.8 Å². The summed E-state index contributed by atoms with van der Waals surface area (Å²) in [7, 11) is 0. The van der Waals surface area contributed by atoms with Crippen LogP contribution in [0.15, 0.2) is 103 Å². The van der Waals surface area contributed by atoms with Crippen molar-refractivity contribution in [1.29, 1.82) is 0 Å². The van der Waals surface area contributed by atoms with Gasteiger partial charge in [-0.25, -0.2) is 0 Å². The molecule has 0 aliphatic rings. The van der Waals surface area contributed by atoms with E-state index >= 15 is 0 Å². The summed E-state index contributed by atoms with van der Waals surface area (Å²) in [5, 5.41) is 10.2. The molecule has 0 fully saturated rings. The fourth-order valence-corrected chi connectivity index (χ4v) is 2.86. The average molecular weight is 366 g/mol. The molecule has 0 aromatic heterocycles. The van der Waals surface area contributed by atoms with Crippen LogP contribution in [-0.4, -0.2) is 0 Å². The van der Waals surface area contributed by atoms with Crippen LogP contribution in [0.5, 0.6) is 0 Å². The zero-order chi connectivity index (χ0) is 19.2. The molecule has 0 saturated carbocycles. The molecule has 0 bridgehead atoms. The molecule has 0 heterocycles. The van der Waals surface area contributed by atoms with Gasteiger partial charge in [-0.3, -0.25) is 0 Å². The Balaban J connectivity index is 1.36. The highest BCUT2D eigenvalue weighted by atomic mass is 14.9. The van der Waals surface area contributed by atoms with Crippen LogP contribution >= 0.6 is 0 Å². The smallest absolute Gasteiger partial charge is 0.0385 e. The van der Waals surface area contributed by atoms with Crippen LogP contribution in [0.25, 0.3) is 0 Å². The molecule has 0 radical (unpaired) electrons.